The lowest BCUT2D eigenvalue weighted by Crippen LogP contribution is -2.49. The zero-order valence-corrected chi connectivity index (χ0v) is 18.1. The first-order valence-corrected chi connectivity index (χ1v) is 10.9. The molecule has 0 saturated carbocycles. The Hall–Kier alpha value is -3.58. The molecule has 2 aromatic carbocycles. The Balaban J connectivity index is 1.28. The molecule has 1 amide bonds. The number of piperazine rings is 1. The molecule has 0 radical (unpaired) electrons. The Labute approximate surface area is 189 Å². The van der Waals surface area contributed by atoms with Gasteiger partial charge in [-0.3, -0.25) is 9.59 Å². The first-order chi connectivity index (χ1) is 15.6. The van der Waals surface area contributed by atoms with Crippen LogP contribution in [0.2, 0.25) is 5.02 Å². The van der Waals surface area contributed by atoms with Gasteiger partial charge in [0.05, 0.1) is 18.4 Å². The SMILES string of the molecule is O=C(c1cc2ccccc2[nH]1)N1CCN(c2cnn(Cc3ccccc3)c(=O)c2Cl)CC1. The molecule has 1 N–H and O–H groups in total. The van der Waals surface area contributed by atoms with Gasteiger partial charge in [0.25, 0.3) is 11.5 Å². The molecular formula is C24H22ClN5O2. The molecule has 0 aliphatic carbocycles. The average Bonchev–Trinajstić information content (AvgIpc) is 3.27. The number of anilines is 1. The van der Waals surface area contributed by atoms with Crippen LogP contribution in [0.3, 0.4) is 0 Å². The van der Waals surface area contributed by atoms with E-state index in [2.05, 4.69) is 10.1 Å². The number of H-pyrrole nitrogens is 1. The van der Waals surface area contributed by atoms with Gasteiger partial charge in [0, 0.05) is 37.1 Å². The highest BCUT2D eigenvalue weighted by Crippen LogP contribution is 2.23. The molecule has 32 heavy (non-hydrogen) atoms. The Morgan fingerprint density at radius 2 is 1.72 bits per heavy atom. The number of rotatable bonds is 4. The topological polar surface area (TPSA) is 74.2 Å². The predicted octanol–water partition coefficient (Wildman–Crippen LogP) is 3.39. The molecule has 4 aromatic rings. The van der Waals surface area contributed by atoms with Gasteiger partial charge in [-0.15, -0.1) is 0 Å². The number of hydrogen-bond acceptors (Lipinski definition) is 4. The second-order valence-corrected chi connectivity index (χ2v) is 8.22. The summed E-state index contributed by atoms with van der Waals surface area (Å²) >= 11 is 6.44. The Morgan fingerprint density at radius 3 is 2.47 bits per heavy atom. The molecule has 162 valence electrons. The Bertz CT molecular complexity index is 1290. The van der Waals surface area contributed by atoms with Gasteiger partial charge in [0.15, 0.2) is 0 Å². The smallest absolute Gasteiger partial charge is 0.287 e. The van der Waals surface area contributed by atoms with Crippen LogP contribution in [0.1, 0.15) is 16.1 Å². The van der Waals surface area contributed by atoms with Crippen LogP contribution in [0.25, 0.3) is 10.9 Å². The summed E-state index contributed by atoms with van der Waals surface area (Å²) in [7, 11) is 0. The quantitative estimate of drug-likeness (QED) is 0.520. The van der Waals surface area contributed by atoms with Crippen molar-refractivity contribution >= 4 is 34.1 Å². The normalized spacial score (nSPS) is 14.2. The van der Waals surface area contributed by atoms with Crippen LogP contribution < -0.4 is 10.5 Å². The number of carbonyl (C=O) groups excluding carboxylic acids is 1. The number of nitrogens with zero attached hydrogens (tertiary/aromatic N) is 4. The summed E-state index contributed by atoms with van der Waals surface area (Å²) in [6.45, 7) is 2.60. The molecule has 2 aromatic heterocycles. The van der Waals surface area contributed by atoms with E-state index >= 15 is 0 Å². The van der Waals surface area contributed by atoms with Crippen molar-refractivity contribution in [3.05, 3.63) is 93.5 Å². The molecule has 0 bridgehead atoms. The molecule has 0 atom stereocenters. The minimum Gasteiger partial charge on any atom is -0.365 e. The van der Waals surface area contributed by atoms with E-state index in [1.165, 1.54) is 4.68 Å². The molecule has 1 saturated heterocycles. The number of amides is 1. The minimum absolute atomic E-state index is 0.0247. The highest BCUT2D eigenvalue weighted by molar-refractivity contribution is 6.33. The highest BCUT2D eigenvalue weighted by atomic mass is 35.5. The lowest BCUT2D eigenvalue weighted by atomic mass is 10.2. The van der Waals surface area contributed by atoms with Gasteiger partial charge < -0.3 is 14.8 Å². The number of carbonyl (C=O) groups is 1. The minimum atomic E-state index is -0.315. The van der Waals surface area contributed by atoms with E-state index in [1.807, 2.05) is 70.5 Å². The number of aromatic nitrogens is 3. The first-order valence-electron chi connectivity index (χ1n) is 10.5. The molecule has 8 heteroatoms. The summed E-state index contributed by atoms with van der Waals surface area (Å²) in [6.07, 6.45) is 1.64. The molecule has 1 aliphatic rings. The number of fused-ring (bicyclic) bond motifs is 1. The van der Waals surface area contributed by atoms with Crippen LogP contribution in [-0.2, 0) is 6.54 Å². The van der Waals surface area contributed by atoms with Gasteiger partial charge in [0.1, 0.15) is 10.7 Å². The van der Waals surface area contributed by atoms with Gasteiger partial charge in [-0.05, 0) is 17.7 Å². The van der Waals surface area contributed by atoms with E-state index in [4.69, 9.17) is 11.6 Å². The standard InChI is InChI=1S/C24H22ClN5O2/c25-22-21(15-26-30(24(22)32)16-17-6-2-1-3-7-17)28-10-12-29(13-11-28)23(31)20-14-18-8-4-5-9-19(18)27-20/h1-9,14-15,27H,10-13,16H2. The van der Waals surface area contributed by atoms with Crippen molar-refractivity contribution in [1.82, 2.24) is 19.7 Å². The van der Waals surface area contributed by atoms with E-state index in [-0.39, 0.29) is 16.5 Å². The number of para-hydroxylation sites is 1. The summed E-state index contributed by atoms with van der Waals surface area (Å²) in [5, 5.41) is 5.50. The average molecular weight is 448 g/mol. The third-order valence-electron chi connectivity index (χ3n) is 5.81. The van der Waals surface area contributed by atoms with Crippen molar-refractivity contribution in [3.8, 4) is 0 Å². The lowest BCUT2D eigenvalue weighted by Gasteiger charge is -2.36. The maximum Gasteiger partial charge on any atom is 0.287 e. The fourth-order valence-electron chi connectivity index (χ4n) is 4.06. The number of benzene rings is 2. The lowest BCUT2D eigenvalue weighted by molar-refractivity contribution is 0.0742. The largest absolute Gasteiger partial charge is 0.365 e. The second kappa shape index (κ2) is 8.51. The van der Waals surface area contributed by atoms with Gasteiger partial charge in [-0.2, -0.15) is 5.10 Å². The molecule has 0 unspecified atom stereocenters. The number of halogens is 1. The van der Waals surface area contributed by atoms with Crippen molar-refractivity contribution in [2.45, 2.75) is 6.54 Å². The van der Waals surface area contributed by atoms with Crippen LogP contribution in [0.5, 0.6) is 0 Å². The van der Waals surface area contributed by atoms with Crippen LogP contribution in [0, 0.1) is 0 Å². The zero-order chi connectivity index (χ0) is 22.1. The van der Waals surface area contributed by atoms with Crippen LogP contribution in [-0.4, -0.2) is 51.8 Å². The van der Waals surface area contributed by atoms with Crippen molar-refractivity contribution in [2.24, 2.45) is 0 Å². The van der Waals surface area contributed by atoms with Crippen molar-refractivity contribution in [1.29, 1.82) is 0 Å². The van der Waals surface area contributed by atoms with Crippen LogP contribution in [0.4, 0.5) is 5.69 Å². The fraction of sp³-hybridized carbons (Fsp3) is 0.208. The number of hydrogen-bond donors (Lipinski definition) is 1. The van der Waals surface area contributed by atoms with E-state index in [9.17, 15) is 9.59 Å². The van der Waals surface area contributed by atoms with E-state index in [1.54, 1.807) is 6.20 Å². The predicted molar refractivity (Wildman–Crippen MR) is 125 cm³/mol. The molecule has 1 aliphatic heterocycles. The maximum atomic E-state index is 12.9. The van der Waals surface area contributed by atoms with Gasteiger partial charge in [-0.1, -0.05) is 60.1 Å². The summed E-state index contributed by atoms with van der Waals surface area (Å²) in [6, 6.07) is 19.4. The summed E-state index contributed by atoms with van der Waals surface area (Å²) in [5.74, 6) is -0.0247. The summed E-state index contributed by atoms with van der Waals surface area (Å²) in [5.41, 5.74) is 2.81. The fourth-order valence-corrected chi connectivity index (χ4v) is 4.32. The molecule has 7 nitrogen and oxygen atoms in total. The molecule has 1 fully saturated rings. The van der Waals surface area contributed by atoms with Gasteiger partial charge >= 0.3 is 0 Å². The zero-order valence-electron chi connectivity index (χ0n) is 17.4. The Morgan fingerprint density at radius 1 is 1.00 bits per heavy atom. The van der Waals surface area contributed by atoms with Crippen molar-refractivity contribution < 1.29 is 4.79 Å². The number of aromatic amines is 1. The summed E-state index contributed by atoms with van der Waals surface area (Å²) < 4.78 is 1.37. The Kier molecular flexibility index (Phi) is 5.41. The molecule has 5 rings (SSSR count). The van der Waals surface area contributed by atoms with Gasteiger partial charge in [-0.25, -0.2) is 4.68 Å². The van der Waals surface area contributed by atoms with E-state index in [0.29, 0.717) is 44.1 Å². The van der Waals surface area contributed by atoms with Crippen molar-refractivity contribution in [3.63, 3.8) is 0 Å². The van der Waals surface area contributed by atoms with Gasteiger partial charge in [0.2, 0.25) is 0 Å². The molecular weight excluding hydrogens is 426 g/mol. The first kappa shape index (κ1) is 20.3. The van der Waals surface area contributed by atoms with Crippen molar-refractivity contribution in [2.75, 3.05) is 31.1 Å². The molecule has 0 spiro atoms. The third-order valence-corrected chi connectivity index (χ3v) is 6.16. The maximum absolute atomic E-state index is 12.9. The van der Waals surface area contributed by atoms with E-state index < -0.39 is 0 Å². The highest BCUT2D eigenvalue weighted by Gasteiger charge is 2.25. The van der Waals surface area contributed by atoms with E-state index in [0.717, 1.165) is 16.5 Å². The van der Waals surface area contributed by atoms with Crippen LogP contribution >= 0.6 is 11.6 Å². The van der Waals surface area contributed by atoms with Crippen LogP contribution in [0.15, 0.2) is 71.7 Å². The summed E-state index contributed by atoms with van der Waals surface area (Å²) in [4.78, 5) is 32.7. The second-order valence-electron chi connectivity index (χ2n) is 7.84. The third kappa shape index (κ3) is 3.87. The molecule has 3 heterocycles. The number of nitrogens with one attached hydrogen (secondary N) is 1. The monoisotopic (exact) mass is 447 g/mol.